The summed E-state index contributed by atoms with van der Waals surface area (Å²) in [5.41, 5.74) is 11.9. The van der Waals surface area contributed by atoms with Crippen molar-refractivity contribution in [1.29, 1.82) is 0 Å². The lowest BCUT2D eigenvalue weighted by Crippen LogP contribution is -1.94. The van der Waals surface area contributed by atoms with Crippen LogP contribution in [-0.2, 0) is 0 Å². The number of para-hydroxylation sites is 2. The van der Waals surface area contributed by atoms with E-state index in [0.717, 1.165) is 11.4 Å². The normalized spacial score (nSPS) is 17.6. The Kier molecular flexibility index (Phi) is 7.53. The Morgan fingerprint density at radius 3 is 1.48 bits per heavy atom. The summed E-state index contributed by atoms with van der Waals surface area (Å²) in [4.78, 5) is 0. The first kappa shape index (κ1) is 29.5. The van der Waals surface area contributed by atoms with E-state index >= 15 is 0 Å². The van der Waals surface area contributed by atoms with E-state index in [1.807, 2.05) is 18.2 Å². The number of benzene rings is 6. The van der Waals surface area contributed by atoms with E-state index in [9.17, 15) is 0 Å². The summed E-state index contributed by atoms with van der Waals surface area (Å²) >= 11 is 0. The van der Waals surface area contributed by atoms with Gasteiger partial charge in [-0.2, -0.15) is 0 Å². The van der Waals surface area contributed by atoms with Crippen molar-refractivity contribution in [3.8, 4) is 27.9 Å². The Morgan fingerprint density at radius 2 is 0.800 bits per heavy atom. The van der Waals surface area contributed by atoms with Gasteiger partial charge in [0, 0.05) is 32.9 Å². The number of hydrogen-bond donors (Lipinski definition) is 0. The molecule has 0 spiro atoms. The van der Waals surface area contributed by atoms with E-state index in [0.29, 0.717) is 0 Å². The topological polar surface area (TPSA) is 9.86 Å². The van der Waals surface area contributed by atoms with Crippen LogP contribution in [0.5, 0.6) is 0 Å². The molecule has 2 heterocycles. The van der Waals surface area contributed by atoms with Crippen molar-refractivity contribution in [3.05, 3.63) is 206 Å². The number of hydrogen-bond acceptors (Lipinski definition) is 0. The second-order valence-electron chi connectivity index (χ2n) is 12.6. The average Bonchev–Trinajstić information content (AvgIpc) is 3.68. The smallest absolute Gasteiger partial charge is 0.0541 e. The predicted molar refractivity (Wildman–Crippen MR) is 215 cm³/mol. The Balaban J connectivity index is 1.19. The van der Waals surface area contributed by atoms with Gasteiger partial charge < -0.3 is 9.13 Å². The lowest BCUT2D eigenvalue weighted by molar-refractivity contribution is 1.18. The molecule has 0 amide bonds. The fraction of sp³-hybridized carbons (Fsp3) is 0. The quantitative estimate of drug-likeness (QED) is 0.182. The highest BCUT2D eigenvalue weighted by molar-refractivity contribution is 6.13. The van der Waals surface area contributed by atoms with E-state index < -0.39 is 0 Å². The molecular weight excluding hydrogens is 605 g/mol. The van der Waals surface area contributed by atoms with Crippen LogP contribution >= 0.6 is 0 Å². The van der Waals surface area contributed by atoms with Crippen molar-refractivity contribution >= 4 is 49.3 Å². The van der Waals surface area contributed by atoms with Crippen LogP contribution in [0.25, 0.3) is 77.2 Å². The molecule has 1 aliphatic rings. The van der Waals surface area contributed by atoms with Crippen LogP contribution in [0.2, 0.25) is 0 Å². The van der Waals surface area contributed by atoms with Crippen LogP contribution in [0.15, 0.2) is 206 Å². The molecule has 0 radical (unpaired) electrons. The zero-order chi connectivity index (χ0) is 33.3. The van der Waals surface area contributed by atoms with Crippen molar-refractivity contribution in [2.24, 2.45) is 0 Å². The second kappa shape index (κ2) is 12.8. The number of nitrogens with zero attached hydrogens (tertiary/aromatic N) is 2. The molecule has 8 aromatic rings. The predicted octanol–water partition coefficient (Wildman–Crippen LogP) is 12.9. The van der Waals surface area contributed by atoms with E-state index in [2.05, 4.69) is 197 Å². The maximum atomic E-state index is 2.40. The number of fused-ring (bicyclic) bond motifs is 6. The molecule has 0 N–H and O–H groups in total. The van der Waals surface area contributed by atoms with Gasteiger partial charge in [0.2, 0.25) is 0 Å². The summed E-state index contributed by atoms with van der Waals surface area (Å²) in [5, 5.41) is 4.98. The minimum Gasteiger partial charge on any atom is -0.309 e. The highest BCUT2D eigenvalue weighted by atomic mass is 15.0. The number of rotatable bonds is 4. The van der Waals surface area contributed by atoms with Crippen molar-refractivity contribution in [1.82, 2.24) is 9.13 Å². The molecule has 6 aromatic carbocycles. The molecule has 0 unspecified atom stereocenters. The van der Waals surface area contributed by atoms with Crippen molar-refractivity contribution in [2.45, 2.75) is 0 Å². The first-order valence-corrected chi connectivity index (χ1v) is 17.1. The van der Waals surface area contributed by atoms with E-state index in [4.69, 9.17) is 0 Å². The summed E-state index contributed by atoms with van der Waals surface area (Å²) in [6.07, 6.45) is 22.9. The summed E-state index contributed by atoms with van der Waals surface area (Å²) in [7, 11) is 0. The second-order valence-corrected chi connectivity index (χ2v) is 12.6. The highest BCUT2D eigenvalue weighted by Crippen LogP contribution is 2.38. The Bertz CT molecular complexity index is 2740. The third-order valence-corrected chi connectivity index (χ3v) is 9.57. The SMILES string of the molecule is C1=C\C=C\C=C\C=C/C(n2c3ccccc3c3cc(-c4ccc5c(c4)c4ccccc4n5-c4cccc(-c5ccccc5)c4)ccc32)=C\C=C/1. The highest BCUT2D eigenvalue weighted by Gasteiger charge is 2.16. The van der Waals surface area contributed by atoms with Gasteiger partial charge in [-0.25, -0.2) is 0 Å². The van der Waals surface area contributed by atoms with Gasteiger partial charge in [-0.15, -0.1) is 0 Å². The first-order valence-electron chi connectivity index (χ1n) is 17.1. The average molecular weight is 639 g/mol. The largest absolute Gasteiger partial charge is 0.309 e. The Hall–Kier alpha value is -6.64. The molecule has 0 aliphatic heterocycles. The summed E-state index contributed by atoms with van der Waals surface area (Å²) in [6.45, 7) is 0. The van der Waals surface area contributed by atoms with Gasteiger partial charge in [-0.1, -0.05) is 146 Å². The molecule has 0 saturated carbocycles. The van der Waals surface area contributed by atoms with Crippen molar-refractivity contribution in [2.75, 3.05) is 0 Å². The molecule has 0 fully saturated rings. The molecule has 9 rings (SSSR count). The minimum absolute atomic E-state index is 1.10. The van der Waals surface area contributed by atoms with Crippen molar-refractivity contribution < 1.29 is 0 Å². The van der Waals surface area contributed by atoms with Gasteiger partial charge in [0.05, 0.1) is 22.1 Å². The van der Waals surface area contributed by atoms with Crippen LogP contribution in [0, 0.1) is 0 Å². The summed E-state index contributed by atoms with van der Waals surface area (Å²) < 4.78 is 4.77. The molecule has 1 aliphatic carbocycles. The van der Waals surface area contributed by atoms with E-state index in [-0.39, 0.29) is 0 Å². The molecule has 2 heteroatoms. The van der Waals surface area contributed by atoms with Gasteiger partial charge in [0.1, 0.15) is 0 Å². The van der Waals surface area contributed by atoms with Crippen LogP contribution in [0.3, 0.4) is 0 Å². The number of allylic oxidation sites excluding steroid dienone is 12. The summed E-state index contributed by atoms with van der Waals surface area (Å²) in [6, 6.07) is 50.8. The fourth-order valence-corrected chi connectivity index (χ4v) is 7.28. The maximum absolute atomic E-state index is 2.40. The molecule has 236 valence electrons. The Labute approximate surface area is 291 Å². The molecule has 0 atom stereocenters. The van der Waals surface area contributed by atoms with Crippen LogP contribution < -0.4 is 0 Å². The Morgan fingerprint density at radius 1 is 0.300 bits per heavy atom. The monoisotopic (exact) mass is 638 g/mol. The standard InChI is InChI=1S/C48H34N2/c1-2-4-6-11-21-39(22-12-7-5-3-1)49-45-26-15-13-24-41(45)43-33-37(28-30-47(43)49)38-29-31-48-44(34-38)42-25-14-16-27-46(42)50(48)40-23-17-20-36(32-40)35-18-9-8-10-19-35/h1-34H/b2-1+,3-1?,4-2?,5-3-,6-4+,7-5?,11-6?,12-7-,21-11-,22-12?,39-21?,39-22+. The van der Waals surface area contributed by atoms with Gasteiger partial charge in [-0.05, 0) is 82.9 Å². The lowest BCUT2D eigenvalue weighted by Gasteiger charge is -2.11. The van der Waals surface area contributed by atoms with E-state index in [1.54, 1.807) is 0 Å². The van der Waals surface area contributed by atoms with Crippen LogP contribution in [-0.4, -0.2) is 9.13 Å². The molecular formula is C48H34N2. The van der Waals surface area contributed by atoms with Gasteiger partial charge in [-0.3, -0.25) is 0 Å². The third-order valence-electron chi connectivity index (χ3n) is 9.57. The lowest BCUT2D eigenvalue weighted by atomic mass is 10.0. The van der Waals surface area contributed by atoms with Crippen LogP contribution in [0.1, 0.15) is 0 Å². The fourth-order valence-electron chi connectivity index (χ4n) is 7.28. The molecule has 0 bridgehead atoms. The van der Waals surface area contributed by atoms with Crippen LogP contribution in [0.4, 0.5) is 0 Å². The zero-order valence-corrected chi connectivity index (χ0v) is 27.5. The molecule has 2 aromatic heterocycles. The number of aromatic nitrogens is 2. The van der Waals surface area contributed by atoms with Gasteiger partial charge >= 0.3 is 0 Å². The van der Waals surface area contributed by atoms with Crippen molar-refractivity contribution in [3.63, 3.8) is 0 Å². The molecule has 2 nitrogen and oxygen atoms in total. The van der Waals surface area contributed by atoms with Gasteiger partial charge in [0.15, 0.2) is 0 Å². The summed E-state index contributed by atoms with van der Waals surface area (Å²) in [5.74, 6) is 0. The molecule has 50 heavy (non-hydrogen) atoms. The maximum Gasteiger partial charge on any atom is 0.0541 e. The third kappa shape index (κ3) is 5.24. The minimum atomic E-state index is 1.10. The molecule has 0 saturated heterocycles. The van der Waals surface area contributed by atoms with Gasteiger partial charge in [0.25, 0.3) is 0 Å². The van der Waals surface area contributed by atoms with E-state index in [1.165, 1.54) is 65.9 Å². The first-order chi connectivity index (χ1) is 24.8. The zero-order valence-electron chi connectivity index (χ0n) is 27.5.